The van der Waals surface area contributed by atoms with Crippen molar-refractivity contribution in [3.63, 3.8) is 0 Å². The Morgan fingerprint density at radius 2 is 1.80 bits per heavy atom. The summed E-state index contributed by atoms with van der Waals surface area (Å²) in [4.78, 5) is 26.0. The van der Waals surface area contributed by atoms with Crippen LogP contribution in [0.4, 0.5) is 10.3 Å². The molecule has 6 heteroatoms. The molecule has 4 rings (SSSR count). The average molecular weight is 340 g/mol. The minimum absolute atomic E-state index is 0.00114. The molecule has 2 atom stereocenters. The Morgan fingerprint density at radius 3 is 2.56 bits per heavy atom. The molecule has 0 N–H and O–H groups in total. The lowest BCUT2D eigenvalue weighted by Gasteiger charge is -2.46. The third-order valence-corrected chi connectivity index (χ3v) is 5.24. The fourth-order valence-corrected chi connectivity index (χ4v) is 3.88. The third kappa shape index (κ3) is 3.39. The number of fused-ring (bicyclic) bond motifs is 1. The lowest BCUT2D eigenvalue weighted by Crippen LogP contribution is -2.57. The van der Waals surface area contributed by atoms with Crippen molar-refractivity contribution in [2.24, 2.45) is 5.92 Å². The van der Waals surface area contributed by atoms with E-state index < -0.39 is 0 Å². The highest BCUT2D eigenvalue weighted by molar-refractivity contribution is 5.98. The van der Waals surface area contributed by atoms with Crippen LogP contribution in [0.5, 0.6) is 0 Å². The Morgan fingerprint density at radius 1 is 1.04 bits per heavy atom. The standard InChI is InChI=1S/C19H21FN4O/c20-16-5-2-14(3-6-16)18(25)15-4-7-17-13-24(11-10-23(17)12-15)19-21-8-1-9-22-19/h1-3,5-6,8-9,15,17H,4,7,10-13H2/t15-,17?/m1/s1. The second kappa shape index (κ2) is 6.88. The largest absolute Gasteiger partial charge is 0.338 e. The molecule has 25 heavy (non-hydrogen) atoms. The number of ketones is 1. The van der Waals surface area contributed by atoms with Gasteiger partial charge in [0.2, 0.25) is 5.95 Å². The molecular weight excluding hydrogens is 319 g/mol. The molecule has 0 radical (unpaired) electrons. The summed E-state index contributed by atoms with van der Waals surface area (Å²) in [6.45, 7) is 3.47. The number of nitrogens with zero attached hydrogens (tertiary/aromatic N) is 4. The van der Waals surface area contributed by atoms with Crippen LogP contribution in [0, 0.1) is 11.7 Å². The van der Waals surface area contributed by atoms with Crippen LogP contribution >= 0.6 is 0 Å². The predicted octanol–water partition coefficient (Wildman–Crippen LogP) is 2.40. The van der Waals surface area contributed by atoms with E-state index in [0.29, 0.717) is 11.6 Å². The van der Waals surface area contributed by atoms with Crippen molar-refractivity contribution in [1.29, 1.82) is 0 Å². The van der Waals surface area contributed by atoms with Crippen LogP contribution in [0.3, 0.4) is 0 Å². The molecular formula is C19H21FN4O. The molecule has 0 saturated carbocycles. The Balaban J connectivity index is 1.40. The van der Waals surface area contributed by atoms with Crippen molar-refractivity contribution < 1.29 is 9.18 Å². The quantitative estimate of drug-likeness (QED) is 0.803. The van der Waals surface area contributed by atoms with Gasteiger partial charge in [-0.2, -0.15) is 0 Å². The molecule has 1 aromatic heterocycles. The number of halogens is 1. The van der Waals surface area contributed by atoms with E-state index in [1.54, 1.807) is 24.5 Å². The zero-order chi connectivity index (χ0) is 17.2. The Labute approximate surface area is 146 Å². The Hall–Kier alpha value is -2.34. The molecule has 0 aliphatic carbocycles. The first-order valence-corrected chi connectivity index (χ1v) is 8.76. The molecule has 1 unspecified atom stereocenters. The Bertz CT molecular complexity index is 737. The second-order valence-electron chi connectivity index (χ2n) is 6.79. The lowest BCUT2D eigenvalue weighted by molar-refractivity contribution is 0.0674. The molecule has 0 spiro atoms. The van der Waals surface area contributed by atoms with Crippen LogP contribution in [0.1, 0.15) is 23.2 Å². The summed E-state index contributed by atoms with van der Waals surface area (Å²) < 4.78 is 13.1. The first-order chi connectivity index (χ1) is 12.2. The van der Waals surface area contributed by atoms with Gasteiger partial charge in [-0.05, 0) is 43.2 Å². The van der Waals surface area contributed by atoms with Crippen molar-refractivity contribution in [1.82, 2.24) is 14.9 Å². The first-order valence-electron chi connectivity index (χ1n) is 8.76. The average Bonchev–Trinajstić information content (AvgIpc) is 2.68. The van der Waals surface area contributed by atoms with Crippen LogP contribution < -0.4 is 4.90 Å². The fourth-order valence-electron chi connectivity index (χ4n) is 3.88. The normalized spacial score (nSPS) is 24.0. The van der Waals surface area contributed by atoms with Gasteiger partial charge in [-0.25, -0.2) is 14.4 Å². The number of rotatable bonds is 3. The van der Waals surface area contributed by atoms with Gasteiger partial charge in [-0.3, -0.25) is 9.69 Å². The molecule has 0 amide bonds. The maximum atomic E-state index is 13.1. The lowest BCUT2D eigenvalue weighted by atomic mass is 9.86. The minimum atomic E-state index is -0.306. The van der Waals surface area contributed by atoms with Gasteiger partial charge >= 0.3 is 0 Å². The maximum Gasteiger partial charge on any atom is 0.225 e. The smallest absolute Gasteiger partial charge is 0.225 e. The number of piperazine rings is 1. The van der Waals surface area contributed by atoms with E-state index in [-0.39, 0.29) is 17.5 Å². The SMILES string of the molecule is O=C(c1ccc(F)cc1)[C@@H]1CCC2CN(c3ncccn3)CCN2C1. The zero-order valence-corrected chi connectivity index (χ0v) is 14.0. The number of anilines is 1. The van der Waals surface area contributed by atoms with Gasteiger partial charge < -0.3 is 4.90 Å². The highest BCUT2D eigenvalue weighted by atomic mass is 19.1. The minimum Gasteiger partial charge on any atom is -0.338 e. The number of piperidine rings is 1. The molecule has 2 fully saturated rings. The molecule has 2 saturated heterocycles. The molecule has 1 aromatic carbocycles. The summed E-state index contributed by atoms with van der Waals surface area (Å²) in [5.41, 5.74) is 0.612. The first kappa shape index (κ1) is 16.1. The molecule has 130 valence electrons. The van der Waals surface area contributed by atoms with Crippen LogP contribution in [-0.4, -0.2) is 52.9 Å². The van der Waals surface area contributed by atoms with Crippen LogP contribution in [0.2, 0.25) is 0 Å². The van der Waals surface area contributed by atoms with Gasteiger partial charge in [0, 0.05) is 56.1 Å². The van der Waals surface area contributed by atoms with E-state index in [1.807, 2.05) is 6.07 Å². The maximum absolute atomic E-state index is 13.1. The highest BCUT2D eigenvalue weighted by Gasteiger charge is 2.36. The summed E-state index contributed by atoms with van der Waals surface area (Å²) in [5, 5.41) is 0. The van der Waals surface area contributed by atoms with Gasteiger partial charge in [0.15, 0.2) is 5.78 Å². The monoisotopic (exact) mass is 340 g/mol. The summed E-state index contributed by atoms with van der Waals surface area (Å²) in [5.74, 6) is 0.611. The predicted molar refractivity (Wildman–Crippen MR) is 93.1 cm³/mol. The van der Waals surface area contributed by atoms with Gasteiger partial charge in [0.05, 0.1) is 0 Å². The van der Waals surface area contributed by atoms with E-state index in [0.717, 1.165) is 45.0 Å². The van der Waals surface area contributed by atoms with Gasteiger partial charge in [-0.15, -0.1) is 0 Å². The van der Waals surface area contributed by atoms with Crippen LogP contribution in [0.15, 0.2) is 42.7 Å². The van der Waals surface area contributed by atoms with E-state index in [4.69, 9.17) is 0 Å². The molecule has 5 nitrogen and oxygen atoms in total. The number of carbonyl (C=O) groups excluding carboxylic acids is 1. The summed E-state index contributed by atoms with van der Waals surface area (Å²) in [6.07, 6.45) is 5.40. The van der Waals surface area contributed by atoms with Crippen molar-refractivity contribution in [3.05, 3.63) is 54.1 Å². The number of Topliss-reactive ketones (excluding diaryl/α,β-unsaturated/α-hetero) is 1. The number of carbonyl (C=O) groups is 1. The highest BCUT2D eigenvalue weighted by Crippen LogP contribution is 2.28. The zero-order valence-electron chi connectivity index (χ0n) is 14.0. The van der Waals surface area contributed by atoms with E-state index in [1.165, 1.54) is 12.1 Å². The van der Waals surface area contributed by atoms with Crippen LogP contribution in [-0.2, 0) is 0 Å². The third-order valence-electron chi connectivity index (χ3n) is 5.24. The van der Waals surface area contributed by atoms with Crippen LogP contribution in [0.25, 0.3) is 0 Å². The number of hydrogen-bond acceptors (Lipinski definition) is 5. The van der Waals surface area contributed by atoms with Crippen molar-refractivity contribution >= 4 is 11.7 Å². The molecule has 2 aromatic rings. The molecule has 2 aliphatic rings. The molecule has 2 aliphatic heterocycles. The van der Waals surface area contributed by atoms with Crippen molar-refractivity contribution in [2.45, 2.75) is 18.9 Å². The van der Waals surface area contributed by atoms with Gasteiger partial charge in [-0.1, -0.05) is 0 Å². The fraction of sp³-hybridized carbons (Fsp3) is 0.421. The topological polar surface area (TPSA) is 49.3 Å². The summed E-state index contributed by atoms with van der Waals surface area (Å²) >= 11 is 0. The van der Waals surface area contributed by atoms with E-state index in [9.17, 15) is 9.18 Å². The van der Waals surface area contributed by atoms with Crippen molar-refractivity contribution in [2.75, 3.05) is 31.1 Å². The number of benzene rings is 1. The summed E-state index contributed by atoms with van der Waals surface area (Å²) in [6, 6.07) is 8.17. The van der Waals surface area contributed by atoms with Gasteiger partial charge in [0.1, 0.15) is 5.82 Å². The van der Waals surface area contributed by atoms with E-state index in [2.05, 4.69) is 19.8 Å². The van der Waals surface area contributed by atoms with Crippen molar-refractivity contribution in [3.8, 4) is 0 Å². The number of hydrogen-bond donors (Lipinski definition) is 0. The van der Waals surface area contributed by atoms with E-state index >= 15 is 0 Å². The molecule has 0 bridgehead atoms. The number of aromatic nitrogens is 2. The second-order valence-corrected chi connectivity index (χ2v) is 6.79. The molecule has 3 heterocycles. The van der Waals surface area contributed by atoms with Gasteiger partial charge in [0.25, 0.3) is 0 Å². The Kier molecular flexibility index (Phi) is 4.44. The summed E-state index contributed by atoms with van der Waals surface area (Å²) in [7, 11) is 0.